The average molecular weight is 209 g/mol. The molecule has 1 nitrogen and oxygen atoms in total. The van der Waals surface area contributed by atoms with E-state index in [2.05, 4.69) is 0 Å². The molecule has 0 aliphatic heterocycles. The molecule has 0 fully saturated rings. The molecule has 0 saturated carbocycles. The van der Waals surface area contributed by atoms with Crippen LogP contribution >= 0.6 is 11.6 Å². The molecule has 2 heteroatoms. The molecule has 0 atom stereocenters. The third kappa shape index (κ3) is 3.75. The highest BCUT2D eigenvalue weighted by atomic mass is 35.5. The van der Waals surface area contributed by atoms with Crippen molar-refractivity contribution >= 4 is 23.5 Å². The van der Waals surface area contributed by atoms with Crippen LogP contribution in [0.2, 0.25) is 0 Å². The molecule has 74 valence electrons. The van der Waals surface area contributed by atoms with Crippen molar-refractivity contribution in [2.75, 3.05) is 5.88 Å². The lowest BCUT2D eigenvalue weighted by molar-refractivity contribution is -0.116. The predicted molar refractivity (Wildman–Crippen MR) is 60.6 cm³/mol. The number of rotatable bonds is 4. The van der Waals surface area contributed by atoms with Crippen molar-refractivity contribution in [2.24, 2.45) is 0 Å². The molecule has 0 amide bonds. The summed E-state index contributed by atoms with van der Waals surface area (Å²) in [5, 5.41) is 0. The zero-order valence-corrected chi connectivity index (χ0v) is 8.92. The Balaban J connectivity index is 2.78. The fourth-order valence-corrected chi connectivity index (χ4v) is 1.36. The summed E-state index contributed by atoms with van der Waals surface area (Å²) in [4.78, 5) is 10.9. The van der Waals surface area contributed by atoms with Gasteiger partial charge in [-0.3, -0.25) is 4.79 Å². The van der Waals surface area contributed by atoms with Crippen LogP contribution < -0.4 is 0 Å². The standard InChI is InChI=1S/C12H13ClO/c1-10(14)8-12-5-2-4-11(9-12)6-3-7-13/h2-6,9H,7-8H2,1H3. The zero-order valence-electron chi connectivity index (χ0n) is 8.16. The zero-order chi connectivity index (χ0) is 10.4. The van der Waals surface area contributed by atoms with Gasteiger partial charge in [0.25, 0.3) is 0 Å². The number of ketones is 1. The van der Waals surface area contributed by atoms with Gasteiger partial charge in [-0.05, 0) is 18.1 Å². The number of allylic oxidation sites excluding steroid dienone is 1. The molecule has 0 aliphatic carbocycles. The van der Waals surface area contributed by atoms with Crippen LogP contribution in [0.1, 0.15) is 18.1 Å². The summed E-state index contributed by atoms with van der Waals surface area (Å²) in [6.45, 7) is 1.60. The van der Waals surface area contributed by atoms with Gasteiger partial charge in [0, 0.05) is 12.3 Å². The largest absolute Gasteiger partial charge is 0.300 e. The topological polar surface area (TPSA) is 17.1 Å². The molecule has 0 N–H and O–H groups in total. The Labute approximate surface area is 89.4 Å². The van der Waals surface area contributed by atoms with Crippen LogP contribution in [0.15, 0.2) is 30.3 Å². The highest BCUT2D eigenvalue weighted by molar-refractivity contribution is 6.19. The third-order valence-corrected chi connectivity index (χ3v) is 1.98. The summed E-state index contributed by atoms with van der Waals surface area (Å²) in [5.74, 6) is 0.695. The Bertz CT molecular complexity index is 342. The quantitative estimate of drug-likeness (QED) is 0.695. The van der Waals surface area contributed by atoms with Crippen LogP contribution in [0.25, 0.3) is 6.08 Å². The lowest BCUT2D eigenvalue weighted by Crippen LogP contribution is -1.95. The lowest BCUT2D eigenvalue weighted by Gasteiger charge is -1.99. The van der Waals surface area contributed by atoms with Gasteiger partial charge in [-0.1, -0.05) is 36.4 Å². The number of hydrogen-bond donors (Lipinski definition) is 0. The van der Waals surface area contributed by atoms with E-state index in [0.717, 1.165) is 11.1 Å². The Morgan fingerprint density at radius 1 is 1.50 bits per heavy atom. The van der Waals surface area contributed by atoms with Crippen molar-refractivity contribution in [3.05, 3.63) is 41.5 Å². The van der Waals surface area contributed by atoms with E-state index in [0.29, 0.717) is 12.3 Å². The average Bonchev–Trinajstić information content (AvgIpc) is 2.14. The van der Waals surface area contributed by atoms with E-state index >= 15 is 0 Å². The van der Waals surface area contributed by atoms with Crippen molar-refractivity contribution in [3.8, 4) is 0 Å². The minimum atomic E-state index is 0.184. The van der Waals surface area contributed by atoms with Crippen LogP contribution in [-0.2, 0) is 11.2 Å². The second kappa shape index (κ2) is 5.61. The first kappa shape index (κ1) is 11.0. The first-order valence-corrected chi connectivity index (χ1v) is 5.06. The highest BCUT2D eigenvalue weighted by Crippen LogP contribution is 2.08. The van der Waals surface area contributed by atoms with Crippen molar-refractivity contribution in [2.45, 2.75) is 13.3 Å². The van der Waals surface area contributed by atoms with Gasteiger partial charge in [0.15, 0.2) is 0 Å². The first-order chi connectivity index (χ1) is 6.72. The summed E-state index contributed by atoms with van der Waals surface area (Å²) < 4.78 is 0. The minimum absolute atomic E-state index is 0.184. The smallest absolute Gasteiger partial charge is 0.134 e. The van der Waals surface area contributed by atoms with Gasteiger partial charge >= 0.3 is 0 Å². The number of hydrogen-bond acceptors (Lipinski definition) is 1. The number of alkyl halides is 1. The molecular weight excluding hydrogens is 196 g/mol. The van der Waals surface area contributed by atoms with Crippen molar-refractivity contribution < 1.29 is 4.79 Å². The molecule has 0 heterocycles. The van der Waals surface area contributed by atoms with Gasteiger partial charge in [0.2, 0.25) is 0 Å². The second-order valence-corrected chi connectivity index (χ2v) is 3.49. The van der Waals surface area contributed by atoms with E-state index in [9.17, 15) is 4.79 Å². The van der Waals surface area contributed by atoms with Crippen molar-refractivity contribution in [1.82, 2.24) is 0 Å². The molecule has 0 aliphatic rings. The number of Topliss-reactive ketones (excluding diaryl/α,β-unsaturated/α-hetero) is 1. The predicted octanol–water partition coefficient (Wildman–Crippen LogP) is 3.07. The first-order valence-electron chi connectivity index (χ1n) is 4.53. The van der Waals surface area contributed by atoms with Crippen molar-refractivity contribution in [1.29, 1.82) is 0 Å². The third-order valence-electron chi connectivity index (χ3n) is 1.80. The van der Waals surface area contributed by atoms with Gasteiger partial charge in [-0.2, -0.15) is 0 Å². The van der Waals surface area contributed by atoms with E-state index in [-0.39, 0.29) is 5.78 Å². The van der Waals surface area contributed by atoms with E-state index in [1.165, 1.54) is 0 Å². The molecule has 0 radical (unpaired) electrons. The molecule has 0 aromatic heterocycles. The molecular formula is C12H13ClO. The maximum atomic E-state index is 10.9. The van der Waals surface area contributed by atoms with Crippen LogP contribution in [0, 0.1) is 0 Å². The fraction of sp³-hybridized carbons (Fsp3) is 0.250. The number of benzene rings is 1. The molecule has 0 spiro atoms. The lowest BCUT2D eigenvalue weighted by atomic mass is 10.1. The molecule has 1 aromatic carbocycles. The second-order valence-electron chi connectivity index (χ2n) is 3.18. The number of halogens is 1. The van der Waals surface area contributed by atoms with Gasteiger partial charge in [-0.15, -0.1) is 11.6 Å². The van der Waals surface area contributed by atoms with E-state index in [1.54, 1.807) is 6.92 Å². The summed E-state index contributed by atoms with van der Waals surface area (Å²) >= 11 is 5.53. The normalized spacial score (nSPS) is 10.7. The highest BCUT2D eigenvalue weighted by Gasteiger charge is 1.97. The van der Waals surface area contributed by atoms with Gasteiger partial charge in [-0.25, -0.2) is 0 Å². The molecule has 0 saturated heterocycles. The Hall–Kier alpha value is -1.08. The molecule has 0 unspecified atom stereocenters. The summed E-state index contributed by atoms with van der Waals surface area (Å²) in [7, 11) is 0. The van der Waals surface area contributed by atoms with Crippen LogP contribution in [-0.4, -0.2) is 11.7 Å². The van der Waals surface area contributed by atoms with Crippen LogP contribution in [0.4, 0.5) is 0 Å². The summed E-state index contributed by atoms with van der Waals surface area (Å²) in [6.07, 6.45) is 4.34. The monoisotopic (exact) mass is 208 g/mol. The molecule has 1 rings (SSSR count). The Kier molecular flexibility index (Phi) is 4.41. The van der Waals surface area contributed by atoms with Gasteiger partial charge in [0.05, 0.1) is 0 Å². The maximum absolute atomic E-state index is 10.9. The molecule has 14 heavy (non-hydrogen) atoms. The van der Waals surface area contributed by atoms with Gasteiger partial charge < -0.3 is 0 Å². The van der Waals surface area contributed by atoms with Crippen LogP contribution in [0.3, 0.4) is 0 Å². The maximum Gasteiger partial charge on any atom is 0.134 e. The van der Waals surface area contributed by atoms with Crippen LogP contribution in [0.5, 0.6) is 0 Å². The number of carbonyl (C=O) groups is 1. The van der Waals surface area contributed by atoms with E-state index in [1.807, 2.05) is 36.4 Å². The summed E-state index contributed by atoms with van der Waals surface area (Å²) in [6, 6.07) is 7.91. The summed E-state index contributed by atoms with van der Waals surface area (Å²) in [5.41, 5.74) is 2.14. The number of carbonyl (C=O) groups excluding carboxylic acids is 1. The van der Waals surface area contributed by atoms with E-state index < -0.39 is 0 Å². The van der Waals surface area contributed by atoms with Crippen molar-refractivity contribution in [3.63, 3.8) is 0 Å². The van der Waals surface area contributed by atoms with Gasteiger partial charge in [0.1, 0.15) is 5.78 Å². The SMILES string of the molecule is CC(=O)Cc1cccc(C=CCCl)c1. The Morgan fingerprint density at radius 2 is 2.29 bits per heavy atom. The van der Waals surface area contributed by atoms with E-state index in [4.69, 9.17) is 11.6 Å². The Morgan fingerprint density at radius 3 is 2.93 bits per heavy atom. The molecule has 0 bridgehead atoms. The minimum Gasteiger partial charge on any atom is -0.300 e. The molecule has 1 aromatic rings. The fourth-order valence-electron chi connectivity index (χ4n) is 1.27.